The van der Waals surface area contributed by atoms with Gasteiger partial charge in [-0.3, -0.25) is 0 Å². The fourth-order valence-electron chi connectivity index (χ4n) is 1.53. The van der Waals surface area contributed by atoms with Gasteiger partial charge >= 0.3 is 5.97 Å². The van der Waals surface area contributed by atoms with Crippen LogP contribution in [0, 0.1) is 10.9 Å². The quantitative estimate of drug-likeness (QED) is 0.803. The van der Waals surface area contributed by atoms with Crippen LogP contribution in [0.2, 0.25) is 0 Å². The summed E-state index contributed by atoms with van der Waals surface area (Å²) < 4.78 is 0.660. The molecule has 0 saturated carbocycles. The largest absolute Gasteiger partial charge is 0.478 e. The third-order valence-corrected chi connectivity index (χ3v) is 3.60. The van der Waals surface area contributed by atoms with Crippen molar-refractivity contribution in [3.63, 3.8) is 0 Å². The standard InChI is InChI=1S/C11H9NO2S2/c1-6-9(16-11(15)12-6)7-4-2-3-5-8(7)10(13)14/h2-5H,1H3,(H,12,15)(H,13,14). The van der Waals surface area contributed by atoms with Crippen LogP contribution in [0.1, 0.15) is 16.1 Å². The van der Waals surface area contributed by atoms with Gasteiger partial charge in [-0.15, -0.1) is 11.3 Å². The zero-order chi connectivity index (χ0) is 11.7. The number of aromatic nitrogens is 1. The molecule has 5 heteroatoms. The highest BCUT2D eigenvalue weighted by Gasteiger charge is 2.14. The Bertz CT molecular complexity index is 598. The first-order valence-corrected chi connectivity index (χ1v) is 5.84. The first-order valence-electron chi connectivity index (χ1n) is 4.62. The van der Waals surface area contributed by atoms with E-state index in [1.807, 2.05) is 13.0 Å². The fraction of sp³-hybridized carbons (Fsp3) is 0.0909. The smallest absolute Gasteiger partial charge is 0.336 e. The van der Waals surface area contributed by atoms with E-state index < -0.39 is 5.97 Å². The van der Waals surface area contributed by atoms with Crippen molar-refractivity contribution in [3.8, 4) is 10.4 Å². The minimum absolute atomic E-state index is 0.302. The predicted molar refractivity (Wildman–Crippen MR) is 66.6 cm³/mol. The molecule has 0 amide bonds. The van der Waals surface area contributed by atoms with E-state index in [4.69, 9.17) is 17.3 Å². The van der Waals surface area contributed by atoms with Crippen molar-refractivity contribution in [3.05, 3.63) is 39.5 Å². The average molecular weight is 251 g/mol. The van der Waals surface area contributed by atoms with Gasteiger partial charge in [-0.1, -0.05) is 18.2 Å². The minimum Gasteiger partial charge on any atom is -0.478 e. The summed E-state index contributed by atoms with van der Waals surface area (Å²) in [6.07, 6.45) is 0. The number of thiazole rings is 1. The number of benzene rings is 1. The normalized spacial score (nSPS) is 10.3. The molecule has 1 aromatic carbocycles. The van der Waals surface area contributed by atoms with E-state index in [0.29, 0.717) is 15.1 Å². The molecular weight excluding hydrogens is 242 g/mol. The summed E-state index contributed by atoms with van der Waals surface area (Å²) in [7, 11) is 0. The third kappa shape index (κ3) is 1.91. The summed E-state index contributed by atoms with van der Waals surface area (Å²) in [5, 5.41) is 9.09. The lowest BCUT2D eigenvalue weighted by molar-refractivity contribution is 0.0698. The van der Waals surface area contributed by atoms with E-state index >= 15 is 0 Å². The summed E-state index contributed by atoms with van der Waals surface area (Å²) in [6.45, 7) is 1.89. The first-order chi connectivity index (χ1) is 7.59. The molecule has 0 fully saturated rings. The Kier molecular flexibility index (Phi) is 2.89. The molecule has 2 rings (SSSR count). The van der Waals surface area contributed by atoms with Crippen molar-refractivity contribution >= 4 is 29.5 Å². The molecule has 82 valence electrons. The Balaban J connectivity index is 2.69. The molecule has 2 aromatic rings. The van der Waals surface area contributed by atoms with Crippen LogP contribution in [-0.4, -0.2) is 16.1 Å². The predicted octanol–water partition coefficient (Wildman–Crippen LogP) is 3.48. The number of H-pyrrole nitrogens is 1. The van der Waals surface area contributed by atoms with Crippen LogP contribution in [0.5, 0.6) is 0 Å². The molecule has 0 saturated heterocycles. The molecule has 0 bridgehead atoms. The van der Waals surface area contributed by atoms with E-state index in [2.05, 4.69) is 4.98 Å². The Hall–Kier alpha value is -1.46. The molecule has 0 spiro atoms. The molecule has 3 nitrogen and oxygen atoms in total. The molecule has 1 aromatic heterocycles. The Morgan fingerprint density at radius 2 is 2.12 bits per heavy atom. The van der Waals surface area contributed by atoms with Gasteiger partial charge in [0.2, 0.25) is 0 Å². The van der Waals surface area contributed by atoms with Gasteiger partial charge in [0.05, 0.1) is 10.4 Å². The van der Waals surface area contributed by atoms with Crippen LogP contribution in [-0.2, 0) is 0 Å². The van der Waals surface area contributed by atoms with Gasteiger partial charge in [0.25, 0.3) is 0 Å². The number of carbonyl (C=O) groups is 1. The van der Waals surface area contributed by atoms with E-state index in [-0.39, 0.29) is 0 Å². The van der Waals surface area contributed by atoms with Crippen LogP contribution >= 0.6 is 23.6 Å². The monoisotopic (exact) mass is 251 g/mol. The number of carboxylic acids is 1. The molecule has 0 aliphatic carbocycles. The van der Waals surface area contributed by atoms with Crippen molar-refractivity contribution in [2.75, 3.05) is 0 Å². The summed E-state index contributed by atoms with van der Waals surface area (Å²) in [5.41, 5.74) is 1.92. The van der Waals surface area contributed by atoms with E-state index in [0.717, 1.165) is 10.6 Å². The number of rotatable bonds is 2. The molecule has 0 aliphatic heterocycles. The SMILES string of the molecule is Cc1[nH]c(=S)sc1-c1ccccc1C(=O)O. The van der Waals surface area contributed by atoms with Gasteiger partial charge in [0.1, 0.15) is 0 Å². The van der Waals surface area contributed by atoms with Crippen molar-refractivity contribution < 1.29 is 9.90 Å². The Morgan fingerprint density at radius 1 is 1.44 bits per heavy atom. The number of hydrogen-bond acceptors (Lipinski definition) is 3. The number of nitrogens with one attached hydrogen (secondary N) is 1. The summed E-state index contributed by atoms with van der Waals surface area (Å²) >= 11 is 6.44. The zero-order valence-corrected chi connectivity index (χ0v) is 10.1. The number of hydrogen-bond donors (Lipinski definition) is 2. The summed E-state index contributed by atoms with van der Waals surface area (Å²) in [5.74, 6) is -0.922. The van der Waals surface area contributed by atoms with Gasteiger partial charge in [-0.25, -0.2) is 4.79 Å². The number of carboxylic acid groups (broad SMARTS) is 1. The first kappa shape index (κ1) is 11.0. The maximum absolute atomic E-state index is 11.1. The zero-order valence-electron chi connectivity index (χ0n) is 8.48. The van der Waals surface area contributed by atoms with Crippen molar-refractivity contribution in [2.45, 2.75) is 6.92 Å². The summed E-state index contributed by atoms with van der Waals surface area (Å²) in [6, 6.07) is 6.93. The third-order valence-electron chi connectivity index (χ3n) is 2.23. The molecule has 1 heterocycles. The van der Waals surface area contributed by atoms with Crippen LogP contribution in [0.15, 0.2) is 24.3 Å². The lowest BCUT2D eigenvalue weighted by Crippen LogP contribution is -1.98. The van der Waals surface area contributed by atoms with Crippen molar-refractivity contribution in [2.24, 2.45) is 0 Å². The molecule has 0 unspecified atom stereocenters. The van der Waals surface area contributed by atoms with Crippen molar-refractivity contribution in [1.29, 1.82) is 0 Å². The number of aromatic amines is 1. The van der Waals surface area contributed by atoms with Crippen molar-refractivity contribution in [1.82, 2.24) is 4.98 Å². The van der Waals surface area contributed by atoms with E-state index in [1.165, 1.54) is 11.3 Å². The van der Waals surface area contributed by atoms with E-state index in [1.54, 1.807) is 18.2 Å². The number of aryl methyl sites for hydroxylation is 1. The van der Waals surface area contributed by atoms with Gasteiger partial charge in [0, 0.05) is 11.3 Å². The van der Waals surface area contributed by atoms with Gasteiger partial charge in [0.15, 0.2) is 3.95 Å². The highest BCUT2D eigenvalue weighted by Crippen LogP contribution is 2.30. The Morgan fingerprint density at radius 3 is 2.69 bits per heavy atom. The minimum atomic E-state index is -0.922. The van der Waals surface area contributed by atoms with Crippen LogP contribution < -0.4 is 0 Å². The average Bonchev–Trinajstić information content (AvgIpc) is 2.57. The fourth-order valence-corrected chi connectivity index (χ4v) is 2.81. The lowest BCUT2D eigenvalue weighted by atomic mass is 10.1. The summed E-state index contributed by atoms with van der Waals surface area (Å²) in [4.78, 5) is 15.0. The molecule has 0 radical (unpaired) electrons. The highest BCUT2D eigenvalue weighted by atomic mass is 32.1. The second kappa shape index (κ2) is 4.19. The van der Waals surface area contributed by atoms with Gasteiger partial charge in [-0.05, 0) is 25.2 Å². The second-order valence-corrected chi connectivity index (χ2v) is 5.01. The second-order valence-electron chi connectivity index (χ2n) is 3.32. The molecular formula is C11H9NO2S2. The maximum Gasteiger partial charge on any atom is 0.336 e. The van der Waals surface area contributed by atoms with Crippen LogP contribution in [0.4, 0.5) is 0 Å². The molecule has 0 aliphatic rings. The molecule has 2 N–H and O–H groups in total. The van der Waals surface area contributed by atoms with E-state index in [9.17, 15) is 4.79 Å². The highest BCUT2D eigenvalue weighted by molar-refractivity contribution is 7.73. The topological polar surface area (TPSA) is 53.1 Å². The number of aromatic carboxylic acids is 1. The van der Waals surface area contributed by atoms with Crippen LogP contribution in [0.3, 0.4) is 0 Å². The van der Waals surface area contributed by atoms with Gasteiger partial charge in [-0.2, -0.15) is 0 Å². The van der Waals surface area contributed by atoms with Gasteiger partial charge < -0.3 is 10.1 Å². The Labute approximate surface area is 101 Å². The molecule has 0 atom stereocenters. The van der Waals surface area contributed by atoms with Crippen LogP contribution in [0.25, 0.3) is 10.4 Å². The maximum atomic E-state index is 11.1. The lowest BCUT2D eigenvalue weighted by Gasteiger charge is -2.03. The molecule has 16 heavy (non-hydrogen) atoms.